The molecule has 0 amide bonds. The van der Waals surface area contributed by atoms with Crippen LogP contribution in [0.4, 0.5) is 0 Å². The van der Waals surface area contributed by atoms with Gasteiger partial charge in [-0.15, -0.1) is 0 Å². The maximum Gasteiger partial charge on any atom is 0.00965 e. The number of nitrogens with two attached hydrogens (primary N) is 1. The number of rotatable bonds is 4. The molecule has 2 aliphatic rings. The van der Waals surface area contributed by atoms with E-state index in [1.54, 1.807) is 0 Å². The summed E-state index contributed by atoms with van der Waals surface area (Å²) < 4.78 is 0. The summed E-state index contributed by atoms with van der Waals surface area (Å²) in [6.45, 7) is 1.22. The van der Waals surface area contributed by atoms with E-state index in [1.165, 1.54) is 45.1 Å². The van der Waals surface area contributed by atoms with Crippen molar-refractivity contribution in [3.05, 3.63) is 0 Å². The average molecular weight is 168 g/mol. The summed E-state index contributed by atoms with van der Waals surface area (Å²) in [5.74, 6) is 1.05. The van der Waals surface area contributed by atoms with Gasteiger partial charge in [0.15, 0.2) is 0 Å². The minimum atomic E-state index is 0.492. The highest BCUT2D eigenvalue weighted by molar-refractivity contribution is 4.87. The summed E-state index contributed by atoms with van der Waals surface area (Å²) in [5.41, 5.74) is 5.70. The Labute approximate surface area is 74.9 Å². The van der Waals surface area contributed by atoms with Crippen molar-refractivity contribution in [3.8, 4) is 0 Å². The van der Waals surface area contributed by atoms with E-state index >= 15 is 0 Å². The van der Waals surface area contributed by atoms with Crippen LogP contribution < -0.4 is 11.1 Å². The maximum atomic E-state index is 5.70. The normalized spacial score (nSPS) is 35.8. The summed E-state index contributed by atoms with van der Waals surface area (Å²) >= 11 is 0. The van der Waals surface area contributed by atoms with E-state index in [0.29, 0.717) is 6.04 Å². The molecule has 2 aliphatic carbocycles. The SMILES string of the molecule is NC1CC(NCCC2CCC2)C1. The molecule has 0 bridgehead atoms. The van der Waals surface area contributed by atoms with E-state index in [0.717, 1.165) is 12.0 Å². The third kappa shape index (κ3) is 1.99. The molecule has 12 heavy (non-hydrogen) atoms. The fraction of sp³-hybridized carbons (Fsp3) is 1.00. The Bertz CT molecular complexity index is 137. The van der Waals surface area contributed by atoms with Crippen LogP contribution in [-0.2, 0) is 0 Å². The van der Waals surface area contributed by atoms with E-state index in [-0.39, 0.29) is 0 Å². The molecule has 3 N–H and O–H groups in total. The predicted octanol–water partition coefficient (Wildman–Crippen LogP) is 1.26. The molecule has 0 aromatic rings. The molecule has 0 heterocycles. The standard InChI is InChI=1S/C10H20N2/c11-9-6-10(7-9)12-5-4-8-2-1-3-8/h8-10,12H,1-7,11H2. The molecule has 0 unspecified atom stereocenters. The second kappa shape index (κ2) is 3.75. The van der Waals surface area contributed by atoms with Crippen molar-refractivity contribution >= 4 is 0 Å². The molecule has 2 nitrogen and oxygen atoms in total. The quantitative estimate of drug-likeness (QED) is 0.663. The molecular formula is C10H20N2. The van der Waals surface area contributed by atoms with Gasteiger partial charge in [-0.3, -0.25) is 0 Å². The maximum absolute atomic E-state index is 5.70. The predicted molar refractivity (Wildman–Crippen MR) is 51.0 cm³/mol. The molecule has 0 radical (unpaired) electrons. The van der Waals surface area contributed by atoms with Crippen molar-refractivity contribution in [2.45, 2.75) is 50.6 Å². The molecule has 2 rings (SSSR count). The van der Waals surface area contributed by atoms with Gasteiger partial charge in [-0.25, -0.2) is 0 Å². The summed E-state index contributed by atoms with van der Waals surface area (Å²) in [7, 11) is 0. The zero-order chi connectivity index (χ0) is 8.39. The second-order valence-corrected chi connectivity index (χ2v) is 4.47. The van der Waals surface area contributed by atoms with Gasteiger partial charge in [0, 0.05) is 12.1 Å². The molecule has 0 atom stereocenters. The summed E-state index contributed by atoms with van der Waals surface area (Å²) in [6.07, 6.45) is 8.22. The number of hydrogen-bond acceptors (Lipinski definition) is 2. The zero-order valence-corrected chi connectivity index (χ0v) is 7.76. The molecule has 2 heteroatoms. The Hall–Kier alpha value is -0.0800. The number of nitrogens with one attached hydrogen (secondary N) is 1. The van der Waals surface area contributed by atoms with Crippen LogP contribution in [0.15, 0.2) is 0 Å². The van der Waals surface area contributed by atoms with Crippen LogP contribution in [0.25, 0.3) is 0 Å². The smallest absolute Gasteiger partial charge is 0.00965 e. The summed E-state index contributed by atoms with van der Waals surface area (Å²) in [6, 6.07) is 1.24. The lowest BCUT2D eigenvalue weighted by Gasteiger charge is -2.34. The van der Waals surface area contributed by atoms with Gasteiger partial charge in [0.2, 0.25) is 0 Å². The van der Waals surface area contributed by atoms with Crippen LogP contribution in [0.2, 0.25) is 0 Å². The van der Waals surface area contributed by atoms with Crippen LogP contribution in [-0.4, -0.2) is 18.6 Å². The fourth-order valence-corrected chi connectivity index (χ4v) is 2.10. The second-order valence-electron chi connectivity index (χ2n) is 4.47. The van der Waals surface area contributed by atoms with Gasteiger partial charge in [-0.1, -0.05) is 19.3 Å². The Morgan fingerprint density at radius 3 is 2.50 bits per heavy atom. The molecule has 0 aliphatic heterocycles. The van der Waals surface area contributed by atoms with Crippen LogP contribution in [0.3, 0.4) is 0 Å². The molecule has 0 aromatic heterocycles. The molecule has 2 saturated carbocycles. The Kier molecular flexibility index (Phi) is 2.66. The Morgan fingerprint density at radius 2 is 2.00 bits per heavy atom. The Morgan fingerprint density at radius 1 is 1.25 bits per heavy atom. The van der Waals surface area contributed by atoms with Gasteiger partial charge >= 0.3 is 0 Å². The van der Waals surface area contributed by atoms with Crippen molar-refractivity contribution in [1.29, 1.82) is 0 Å². The van der Waals surface area contributed by atoms with Crippen molar-refractivity contribution in [2.24, 2.45) is 11.7 Å². The third-order valence-electron chi connectivity index (χ3n) is 3.38. The first kappa shape index (κ1) is 8.52. The van der Waals surface area contributed by atoms with Gasteiger partial charge < -0.3 is 11.1 Å². The lowest BCUT2D eigenvalue weighted by atomic mass is 9.82. The lowest BCUT2D eigenvalue weighted by molar-refractivity contribution is 0.255. The van der Waals surface area contributed by atoms with Crippen LogP contribution >= 0.6 is 0 Å². The summed E-state index contributed by atoms with van der Waals surface area (Å²) in [4.78, 5) is 0. The van der Waals surface area contributed by atoms with Gasteiger partial charge in [0.1, 0.15) is 0 Å². The highest BCUT2D eigenvalue weighted by Gasteiger charge is 2.25. The minimum absolute atomic E-state index is 0.492. The zero-order valence-electron chi connectivity index (χ0n) is 7.76. The first-order valence-electron chi connectivity index (χ1n) is 5.33. The largest absolute Gasteiger partial charge is 0.328 e. The van der Waals surface area contributed by atoms with Crippen molar-refractivity contribution in [1.82, 2.24) is 5.32 Å². The van der Waals surface area contributed by atoms with E-state index in [2.05, 4.69) is 5.32 Å². The first-order chi connectivity index (χ1) is 5.84. The van der Waals surface area contributed by atoms with E-state index in [9.17, 15) is 0 Å². The van der Waals surface area contributed by atoms with Gasteiger partial charge in [0.25, 0.3) is 0 Å². The average Bonchev–Trinajstić information content (AvgIpc) is 1.90. The van der Waals surface area contributed by atoms with E-state index in [4.69, 9.17) is 5.73 Å². The first-order valence-corrected chi connectivity index (χ1v) is 5.33. The third-order valence-corrected chi connectivity index (χ3v) is 3.38. The van der Waals surface area contributed by atoms with Gasteiger partial charge in [0.05, 0.1) is 0 Å². The molecular weight excluding hydrogens is 148 g/mol. The highest BCUT2D eigenvalue weighted by Crippen LogP contribution is 2.29. The Balaban J connectivity index is 1.46. The van der Waals surface area contributed by atoms with Crippen molar-refractivity contribution in [3.63, 3.8) is 0 Å². The highest BCUT2D eigenvalue weighted by atomic mass is 14.9. The molecule has 2 fully saturated rings. The molecule has 0 aromatic carbocycles. The van der Waals surface area contributed by atoms with Crippen LogP contribution in [0.1, 0.15) is 38.5 Å². The minimum Gasteiger partial charge on any atom is -0.328 e. The summed E-state index contributed by atoms with van der Waals surface area (Å²) in [5, 5.41) is 3.57. The van der Waals surface area contributed by atoms with Crippen LogP contribution in [0.5, 0.6) is 0 Å². The van der Waals surface area contributed by atoms with Crippen molar-refractivity contribution < 1.29 is 0 Å². The van der Waals surface area contributed by atoms with Gasteiger partial charge in [-0.2, -0.15) is 0 Å². The van der Waals surface area contributed by atoms with Gasteiger partial charge in [-0.05, 0) is 31.7 Å². The molecule has 0 spiro atoms. The molecule has 0 saturated heterocycles. The molecule has 70 valence electrons. The van der Waals surface area contributed by atoms with Crippen molar-refractivity contribution in [2.75, 3.05) is 6.54 Å². The fourth-order valence-electron chi connectivity index (χ4n) is 2.10. The lowest BCUT2D eigenvalue weighted by Crippen LogP contribution is -2.48. The van der Waals surface area contributed by atoms with Crippen LogP contribution in [0, 0.1) is 5.92 Å². The monoisotopic (exact) mass is 168 g/mol. The topological polar surface area (TPSA) is 38.0 Å². The van der Waals surface area contributed by atoms with E-state index in [1.807, 2.05) is 0 Å². The number of hydrogen-bond donors (Lipinski definition) is 2. The van der Waals surface area contributed by atoms with E-state index < -0.39 is 0 Å².